The molecule has 1 aromatic heterocycles. The monoisotopic (exact) mass is 304 g/mol. The number of carbonyl (C=O) groups excluding carboxylic acids is 1. The molecule has 0 aliphatic carbocycles. The number of rotatable bonds is 1. The molecule has 2 aliphatic heterocycles. The first-order valence-electron chi connectivity index (χ1n) is 7.78. The molecule has 0 aromatic carbocycles. The van der Waals surface area contributed by atoms with E-state index in [2.05, 4.69) is 9.88 Å². The highest BCUT2D eigenvalue weighted by Gasteiger charge is 2.41. The number of hydrogen-bond donors (Lipinski definition) is 1. The second-order valence-corrected chi connectivity index (χ2v) is 7.23. The molecule has 6 nitrogen and oxygen atoms in total. The summed E-state index contributed by atoms with van der Waals surface area (Å²) in [6, 6.07) is 4.15. The van der Waals surface area contributed by atoms with E-state index in [1.165, 1.54) is 0 Å². The van der Waals surface area contributed by atoms with Crippen molar-refractivity contribution in [2.75, 3.05) is 30.3 Å². The molecule has 0 saturated carbocycles. The zero-order valence-electron chi connectivity index (χ0n) is 13.5. The maximum absolute atomic E-state index is 12.3. The third-order valence-corrected chi connectivity index (χ3v) is 4.16. The topological polar surface area (TPSA) is 71.7 Å². The van der Waals surface area contributed by atoms with E-state index in [0.29, 0.717) is 24.3 Å². The summed E-state index contributed by atoms with van der Waals surface area (Å²) >= 11 is 0. The summed E-state index contributed by atoms with van der Waals surface area (Å²) in [5.41, 5.74) is 6.28. The largest absolute Gasteiger partial charge is 0.444 e. The molecule has 1 unspecified atom stereocenters. The summed E-state index contributed by atoms with van der Waals surface area (Å²) in [6.45, 7) is 8.12. The summed E-state index contributed by atoms with van der Waals surface area (Å²) in [5, 5.41) is 0. The minimum Gasteiger partial charge on any atom is -0.444 e. The molecule has 0 spiro atoms. The molecule has 2 fully saturated rings. The van der Waals surface area contributed by atoms with Gasteiger partial charge in [0.25, 0.3) is 0 Å². The van der Waals surface area contributed by atoms with Crippen molar-refractivity contribution in [3.8, 4) is 0 Å². The number of nitrogen functional groups attached to an aromatic ring is 1. The number of carbonyl (C=O) groups is 1. The third kappa shape index (κ3) is 3.10. The number of nitrogens with two attached hydrogens (primary N) is 1. The van der Waals surface area contributed by atoms with Crippen LogP contribution in [0.4, 0.5) is 16.3 Å². The number of pyridine rings is 1. The molecule has 0 radical (unpaired) electrons. The molecule has 2 saturated heterocycles. The predicted molar refractivity (Wildman–Crippen MR) is 85.7 cm³/mol. The molecule has 2 atom stereocenters. The Kier molecular flexibility index (Phi) is 3.62. The lowest BCUT2D eigenvalue weighted by molar-refractivity contribution is 0.0185. The average molecular weight is 304 g/mol. The number of likely N-dealkylation sites (tertiary alicyclic amines) is 1. The Hall–Kier alpha value is -1.98. The van der Waals surface area contributed by atoms with E-state index in [4.69, 9.17) is 10.5 Å². The molecule has 120 valence electrons. The lowest BCUT2D eigenvalue weighted by atomic mass is 10.0. The molecule has 2 N–H and O–H groups in total. The third-order valence-electron chi connectivity index (χ3n) is 4.16. The summed E-state index contributed by atoms with van der Waals surface area (Å²) in [6.07, 6.45) is 2.72. The molecule has 1 aromatic rings. The zero-order valence-corrected chi connectivity index (χ0v) is 13.5. The van der Waals surface area contributed by atoms with E-state index in [9.17, 15) is 4.79 Å². The summed E-state index contributed by atoms with van der Waals surface area (Å²) in [4.78, 5) is 20.6. The van der Waals surface area contributed by atoms with Crippen molar-refractivity contribution in [3.05, 3.63) is 18.3 Å². The second-order valence-electron chi connectivity index (χ2n) is 7.23. The minimum atomic E-state index is -0.450. The fraction of sp³-hybridized carbons (Fsp3) is 0.625. The number of ether oxygens (including phenoxy) is 1. The van der Waals surface area contributed by atoms with Crippen LogP contribution in [0, 0.1) is 5.92 Å². The first kappa shape index (κ1) is 14.9. The van der Waals surface area contributed by atoms with Crippen molar-refractivity contribution >= 4 is 17.6 Å². The van der Waals surface area contributed by atoms with Gasteiger partial charge < -0.3 is 20.3 Å². The van der Waals surface area contributed by atoms with Crippen LogP contribution in [-0.4, -0.2) is 47.3 Å². The van der Waals surface area contributed by atoms with E-state index in [1.807, 2.05) is 44.0 Å². The fourth-order valence-corrected chi connectivity index (χ4v) is 3.32. The Balaban J connectivity index is 1.69. The highest BCUT2D eigenvalue weighted by atomic mass is 16.6. The van der Waals surface area contributed by atoms with Crippen LogP contribution < -0.4 is 10.6 Å². The smallest absolute Gasteiger partial charge is 0.410 e. The maximum Gasteiger partial charge on any atom is 0.410 e. The van der Waals surface area contributed by atoms with Gasteiger partial charge in [0.15, 0.2) is 0 Å². The first-order valence-corrected chi connectivity index (χ1v) is 7.78. The molecule has 2 aliphatic rings. The van der Waals surface area contributed by atoms with E-state index < -0.39 is 5.60 Å². The van der Waals surface area contributed by atoms with Crippen molar-refractivity contribution in [2.24, 2.45) is 5.92 Å². The molecular formula is C16H24N4O2. The maximum atomic E-state index is 12.3. The van der Waals surface area contributed by atoms with Gasteiger partial charge in [-0.2, -0.15) is 0 Å². The van der Waals surface area contributed by atoms with Crippen LogP contribution in [0.2, 0.25) is 0 Å². The van der Waals surface area contributed by atoms with Crippen LogP contribution in [0.3, 0.4) is 0 Å². The molecule has 6 heteroatoms. The van der Waals surface area contributed by atoms with Gasteiger partial charge in [-0.1, -0.05) is 0 Å². The van der Waals surface area contributed by atoms with E-state index in [-0.39, 0.29) is 6.09 Å². The van der Waals surface area contributed by atoms with Gasteiger partial charge in [-0.05, 0) is 45.2 Å². The number of nitrogens with zero attached hydrogens (tertiary/aromatic N) is 3. The van der Waals surface area contributed by atoms with E-state index in [1.54, 1.807) is 0 Å². The fourth-order valence-electron chi connectivity index (χ4n) is 3.32. The Labute approximate surface area is 131 Å². The van der Waals surface area contributed by atoms with E-state index >= 15 is 0 Å². The molecule has 2 bridgehead atoms. The normalized spacial score (nSPS) is 24.5. The van der Waals surface area contributed by atoms with Crippen LogP contribution in [0.5, 0.6) is 0 Å². The Morgan fingerprint density at radius 1 is 1.32 bits per heavy atom. The van der Waals surface area contributed by atoms with Crippen molar-refractivity contribution in [3.63, 3.8) is 0 Å². The second kappa shape index (κ2) is 5.34. The van der Waals surface area contributed by atoms with Crippen molar-refractivity contribution in [2.45, 2.75) is 38.8 Å². The number of aromatic nitrogens is 1. The minimum absolute atomic E-state index is 0.209. The lowest BCUT2D eigenvalue weighted by Crippen LogP contribution is -2.47. The summed E-state index contributed by atoms with van der Waals surface area (Å²) in [7, 11) is 0. The van der Waals surface area contributed by atoms with Gasteiger partial charge in [0.05, 0.1) is 11.9 Å². The van der Waals surface area contributed by atoms with Crippen LogP contribution in [0.1, 0.15) is 27.2 Å². The molecule has 1 amide bonds. The number of amides is 1. The Morgan fingerprint density at radius 3 is 2.73 bits per heavy atom. The van der Waals surface area contributed by atoms with Gasteiger partial charge in [0.1, 0.15) is 11.4 Å². The van der Waals surface area contributed by atoms with Gasteiger partial charge in [-0.15, -0.1) is 0 Å². The number of hydrogen-bond acceptors (Lipinski definition) is 5. The molecule has 3 heterocycles. The summed E-state index contributed by atoms with van der Waals surface area (Å²) in [5.74, 6) is 1.02. The SMILES string of the molecule is CC(C)(C)OC(=O)N1CC2C[C@H](C1)N(c1ccc(N)nc1)C2. The predicted octanol–water partition coefficient (Wildman–Crippen LogP) is 2.11. The number of fused-ring (bicyclic) bond motifs is 2. The first-order chi connectivity index (χ1) is 10.3. The van der Waals surface area contributed by atoms with Gasteiger partial charge in [-0.3, -0.25) is 0 Å². The average Bonchev–Trinajstić information content (AvgIpc) is 2.72. The zero-order chi connectivity index (χ0) is 15.9. The van der Waals surface area contributed by atoms with Gasteiger partial charge >= 0.3 is 6.09 Å². The van der Waals surface area contributed by atoms with Crippen LogP contribution in [0.15, 0.2) is 18.3 Å². The van der Waals surface area contributed by atoms with Crippen molar-refractivity contribution in [1.29, 1.82) is 0 Å². The Bertz CT molecular complexity index is 552. The Morgan fingerprint density at radius 2 is 2.09 bits per heavy atom. The van der Waals surface area contributed by atoms with Crippen LogP contribution in [-0.2, 0) is 4.74 Å². The molecule has 3 rings (SSSR count). The summed E-state index contributed by atoms with van der Waals surface area (Å²) < 4.78 is 5.50. The van der Waals surface area contributed by atoms with Gasteiger partial charge in [0.2, 0.25) is 0 Å². The highest BCUT2D eigenvalue weighted by Crippen LogP contribution is 2.34. The number of piperidine rings is 1. The highest BCUT2D eigenvalue weighted by molar-refractivity contribution is 5.69. The molecular weight excluding hydrogens is 280 g/mol. The van der Waals surface area contributed by atoms with E-state index in [0.717, 1.165) is 25.2 Å². The quantitative estimate of drug-likeness (QED) is 0.860. The van der Waals surface area contributed by atoms with Gasteiger partial charge in [-0.25, -0.2) is 9.78 Å². The lowest BCUT2D eigenvalue weighted by Gasteiger charge is -2.34. The van der Waals surface area contributed by atoms with Gasteiger partial charge in [0, 0.05) is 25.7 Å². The van der Waals surface area contributed by atoms with Crippen LogP contribution >= 0.6 is 0 Å². The van der Waals surface area contributed by atoms with Crippen molar-refractivity contribution < 1.29 is 9.53 Å². The molecule has 22 heavy (non-hydrogen) atoms. The number of anilines is 2. The standard InChI is InChI=1S/C16H24N4O2/c1-16(2,3)22-15(21)19-8-11-6-13(10-19)20(9-11)12-4-5-14(17)18-7-12/h4-5,7,11,13H,6,8-10H2,1-3H3,(H2,17,18)/t11?,13-/m1/s1. The van der Waals surface area contributed by atoms with Crippen LogP contribution in [0.25, 0.3) is 0 Å². The van der Waals surface area contributed by atoms with Crippen molar-refractivity contribution in [1.82, 2.24) is 9.88 Å².